The second kappa shape index (κ2) is 65.7. The Kier molecular flexibility index (Phi) is 804. The van der Waals surface area contributed by atoms with Crippen LogP contribution in [0.4, 0.5) is 0 Å². The van der Waals surface area contributed by atoms with Crippen LogP contribution in [0.5, 0.6) is 0 Å². The van der Waals surface area contributed by atoms with Gasteiger partial charge in [0.1, 0.15) is 0 Å². The topological polar surface area (TPSA) is 364 Å². The fraction of sp³-hybridized carbons (Fsp3) is 0. The molecule has 15 heteroatoms. The molecule has 0 amide bonds. The molecule has 18 N–H and O–H groups in total. The van der Waals surface area contributed by atoms with Crippen LogP contribution >= 0.6 is 0 Å². The zero-order chi connectivity index (χ0) is 4.50. The van der Waals surface area contributed by atoms with E-state index in [0.29, 0.717) is 0 Å². The van der Waals surface area contributed by atoms with Crippen LogP contribution in [0, 0.1) is 0 Å². The summed E-state index contributed by atoms with van der Waals surface area (Å²) < 4.78 is 34.1. The summed E-state index contributed by atoms with van der Waals surface area (Å²) in [4.78, 5) is 0. The van der Waals surface area contributed by atoms with E-state index in [9.17, 15) is 0 Å². The van der Waals surface area contributed by atoms with Gasteiger partial charge >= 0.3 is 16.5 Å². The van der Waals surface area contributed by atoms with Crippen LogP contribution in [0.15, 0.2) is 0 Å². The molecular weight excluding hydrogens is 299 g/mol. The van der Waals surface area contributed by atoms with Crippen molar-refractivity contribution in [1.82, 2.24) is 0 Å². The maximum atomic E-state index is 8.52. The van der Waals surface area contributed by atoms with Gasteiger partial charge in [-0.1, -0.05) is 0 Å². The standard InChI is InChI=1S/Ni.H2O4S.9H2O/c;1-5(2,3)4;;;;;;;;;/h;(H2,1,2,3,4);9*1H2/q+2;;;;;;;;;;/p-2. The third-order valence-corrected chi connectivity index (χ3v) is 0. The Morgan fingerprint density at radius 3 is 0.533 bits per heavy atom. The summed E-state index contributed by atoms with van der Waals surface area (Å²) >= 11 is 0. The van der Waals surface area contributed by atoms with Gasteiger partial charge in [-0.2, -0.15) is 0 Å². The maximum absolute atomic E-state index is 8.52. The fourth-order valence-corrected chi connectivity index (χ4v) is 0. The summed E-state index contributed by atoms with van der Waals surface area (Å²) in [5.41, 5.74) is 0. The van der Waals surface area contributed by atoms with E-state index in [1.165, 1.54) is 0 Å². The van der Waals surface area contributed by atoms with E-state index in [-0.39, 0.29) is 65.8 Å². The van der Waals surface area contributed by atoms with Crippen molar-refractivity contribution in [2.45, 2.75) is 0 Å². The van der Waals surface area contributed by atoms with E-state index in [1.807, 2.05) is 0 Å². The van der Waals surface area contributed by atoms with E-state index < -0.39 is 10.4 Å². The SMILES string of the molecule is O.O.O.O.O.O.O.O.O.O=S(=O)([O-])[O-].[Ni+2]. The summed E-state index contributed by atoms with van der Waals surface area (Å²) in [7, 11) is -5.17. The Bertz CT molecular complexity index is 93.7. The second-order valence-corrected chi connectivity index (χ2v) is 1.22. The first kappa shape index (κ1) is 184. The summed E-state index contributed by atoms with van der Waals surface area (Å²) in [5, 5.41) is 0. The van der Waals surface area contributed by atoms with Gasteiger partial charge in [0.15, 0.2) is 0 Å². The molecular formula is H18NiO13S. The zero-order valence-corrected chi connectivity index (χ0v) is 8.66. The average molecular weight is 317 g/mol. The average Bonchev–Trinajstić information content (AvgIpc) is 0.722. The molecule has 0 rings (SSSR count). The van der Waals surface area contributed by atoms with Crippen molar-refractivity contribution in [2.75, 3.05) is 0 Å². The van der Waals surface area contributed by atoms with E-state index in [0.717, 1.165) is 0 Å². The quantitative estimate of drug-likeness (QED) is 0.238. The molecule has 0 unspecified atom stereocenters. The molecule has 0 fully saturated rings. The Morgan fingerprint density at radius 2 is 0.533 bits per heavy atom. The van der Waals surface area contributed by atoms with Crippen molar-refractivity contribution < 1.29 is 83.3 Å². The fourth-order valence-electron chi connectivity index (χ4n) is 0. The third-order valence-electron chi connectivity index (χ3n) is 0. The van der Waals surface area contributed by atoms with Gasteiger partial charge in [0.05, 0.1) is 0 Å². The Labute approximate surface area is 94.4 Å². The van der Waals surface area contributed by atoms with Crippen molar-refractivity contribution >= 4 is 10.4 Å². The third kappa shape index (κ3) is 164000000. The van der Waals surface area contributed by atoms with Gasteiger partial charge in [0, 0.05) is 10.4 Å². The summed E-state index contributed by atoms with van der Waals surface area (Å²) in [6.07, 6.45) is 0. The Hall–Kier alpha value is 0.00351. The van der Waals surface area contributed by atoms with Crippen molar-refractivity contribution in [1.29, 1.82) is 0 Å². The molecule has 0 bridgehead atoms. The van der Waals surface area contributed by atoms with Gasteiger partial charge in [-0.15, -0.1) is 0 Å². The Morgan fingerprint density at radius 1 is 0.533 bits per heavy atom. The van der Waals surface area contributed by atoms with Gasteiger partial charge in [-0.25, -0.2) is 0 Å². The predicted octanol–water partition coefficient (Wildman–Crippen LogP) is -8.76. The molecule has 0 radical (unpaired) electrons. The largest absolute Gasteiger partial charge is 2.00 e. The minimum absolute atomic E-state index is 0. The van der Waals surface area contributed by atoms with Gasteiger partial charge in [0.25, 0.3) is 0 Å². The molecule has 0 atom stereocenters. The molecule has 0 aromatic heterocycles. The van der Waals surface area contributed by atoms with Gasteiger partial charge in [-0.3, -0.25) is 8.42 Å². The van der Waals surface area contributed by atoms with E-state index >= 15 is 0 Å². The number of hydrogen-bond acceptors (Lipinski definition) is 4. The minimum atomic E-state index is -5.17. The van der Waals surface area contributed by atoms with Gasteiger partial charge in [-0.05, 0) is 0 Å². The maximum Gasteiger partial charge on any atom is 2.00 e. The molecule has 0 aliphatic heterocycles. The summed E-state index contributed by atoms with van der Waals surface area (Å²) in [6.45, 7) is 0. The first-order valence-corrected chi connectivity index (χ1v) is 2.00. The van der Waals surface area contributed by atoms with Gasteiger partial charge in [0.2, 0.25) is 0 Å². The van der Waals surface area contributed by atoms with E-state index in [4.69, 9.17) is 17.5 Å². The van der Waals surface area contributed by atoms with Crippen LogP contribution in [0.2, 0.25) is 0 Å². The van der Waals surface area contributed by atoms with Crippen molar-refractivity contribution in [3.8, 4) is 0 Å². The number of hydrogen-bond donors (Lipinski definition) is 0. The zero-order valence-electron chi connectivity index (χ0n) is 6.86. The molecule has 0 aliphatic carbocycles. The molecule has 0 aromatic carbocycles. The summed E-state index contributed by atoms with van der Waals surface area (Å²) in [6, 6.07) is 0. The smallest absolute Gasteiger partial charge is 0.759 e. The van der Waals surface area contributed by atoms with Crippen LogP contribution < -0.4 is 0 Å². The molecule has 0 heterocycles. The minimum Gasteiger partial charge on any atom is -0.759 e. The molecule has 112 valence electrons. The van der Waals surface area contributed by atoms with Crippen LogP contribution in [0.3, 0.4) is 0 Å². The van der Waals surface area contributed by atoms with Crippen LogP contribution in [0.25, 0.3) is 0 Å². The van der Waals surface area contributed by atoms with Crippen molar-refractivity contribution in [3.63, 3.8) is 0 Å². The molecule has 0 aromatic rings. The molecule has 0 aliphatic rings. The molecule has 13 nitrogen and oxygen atoms in total. The molecule has 0 spiro atoms. The second-order valence-electron chi connectivity index (χ2n) is 0.408. The molecule has 15 heavy (non-hydrogen) atoms. The van der Waals surface area contributed by atoms with Crippen LogP contribution in [-0.2, 0) is 26.9 Å². The van der Waals surface area contributed by atoms with E-state index in [1.54, 1.807) is 0 Å². The monoisotopic (exact) mass is 316 g/mol. The predicted molar refractivity (Wildman–Crippen MR) is 43.0 cm³/mol. The normalized spacial score (nSPS) is 3.87. The van der Waals surface area contributed by atoms with Gasteiger partial charge < -0.3 is 58.4 Å². The van der Waals surface area contributed by atoms with E-state index in [2.05, 4.69) is 0 Å². The van der Waals surface area contributed by atoms with Crippen molar-refractivity contribution in [2.24, 2.45) is 0 Å². The van der Waals surface area contributed by atoms with Crippen molar-refractivity contribution in [3.05, 3.63) is 0 Å². The van der Waals surface area contributed by atoms with Crippen LogP contribution in [-0.4, -0.2) is 66.8 Å². The first-order valence-electron chi connectivity index (χ1n) is 0.667. The number of rotatable bonds is 0. The Balaban J connectivity index is -0.00000000178. The van der Waals surface area contributed by atoms with Crippen LogP contribution in [0.1, 0.15) is 0 Å². The molecule has 0 saturated carbocycles. The summed E-state index contributed by atoms with van der Waals surface area (Å²) in [5.74, 6) is 0. The molecule has 0 saturated heterocycles. The first-order chi connectivity index (χ1) is 2.00.